The summed E-state index contributed by atoms with van der Waals surface area (Å²) in [5, 5.41) is 18.7. The first-order valence-corrected chi connectivity index (χ1v) is 5.26. The van der Waals surface area contributed by atoms with Crippen molar-refractivity contribution in [2.24, 2.45) is 0 Å². The van der Waals surface area contributed by atoms with Gasteiger partial charge in [-0.05, 0) is 13.3 Å². The Kier molecular flexibility index (Phi) is 3.21. The maximum absolute atomic E-state index is 11.6. The topological polar surface area (TPSA) is 87.4 Å². The predicted molar refractivity (Wildman–Crippen MR) is 55.5 cm³/mol. The van der Waals surface area contributed by atoms with Crippen molar-refractivity contribution >= 4 is 5.91 Å². The maximum Gasteiger partial charge on any atom is 0.237 e. The highest BCUT2D eigenvalue weighted by atomic mass is 16.5. The van der Waals surface area contributed by atoms with Gasteiger partial charge in [0.2, 0.25) is 5.91 Å². The lowest BCUT2D eigenvalue weighted by Crippen LogP contribution is -2.40. The summed E-state index contributed by atoms with van der Waals surface area (Å²) in [5.74, 6) is 0.607. The number of amides is 1. The van der Waals surface area contributed by atoms with Crippen LogP contribution in [-0.4, -0.2) is 34.9 Å². The van der Waals surface area contributed by atoms with Crippen LogP contribution in [0.2, 0.25) is 0 Å². The molecule has 0 aromatic carbocycles. The summed E-state index contributed by atoms with van der Waals surface area (Å²) in [7, 11) is 0. The summed E-state index contributed by atoms with van der Waals surface area (Å²) >= 11 is 0. The molecule has 1 fully saturated rings. The Morgan fingerprint density at radius 1 is 1.81 bits per heavy atom. The largest absolute Gasteiger partial charge is 0.392 e. The Bertz CT molecular complexity index is 377. The molecule has 1 aliphatic heterocycles. The van der Waals surface area contributed by atoms with E-state index in [0.29, 0.717) is 25.2 Å². The van der Waals surface area contributed by atoms with Gasteiger partial charge in [0.1, 0.15) is 11.5 Å². The van der Waals surface area contributed by atoms with Gasteiger partial charge >= 0.3 is 0 Å². The van der Waals surface area contributed by atoms with Crippen molar-refractivity contribution in [3.63, 3.8) is 0 Å². The molecule has 1 aromatic heterocycles. The van der Waals surface area contributed by atoms with E-state index in [4.69, 9.17) is 4.52 Å². The minimum absolute atomic E-state index is 0.114. The molecule has 2 atom stereocenters. The molecule has 6 heteroatoms. The molecule has 0 aliphatic carbocycles. The van der Waals surface area contributed by atoms with Crippen molar-refractivity contribution in [1.29, 1.82) is 0 Å². The summed E-state index contributed by atoms with van der Waals surface area (Å²) in [6, 6.07) is 1.47. The van der Waals surface area contributed by atoms with E-state index in [1.54, 1.807) is 13.0 Å². The molecule has 1 amide bonds. The third-order valence-corrected chi connectivity index (χ3v) is 2.54. The van der Waals surface area contributed by atoms with E-state index >= 15 is 0 Å². The summed E-state index contributed by atoms with van der Waals surface area (Å²) in [4.78, 5) is 11.6. The van der Waals surface area contributed by atoms with Gasteiger partial charge in [-0.25, -0.2) is 0 Å². The van der Waals surface area contributed by atoms with Crippen LogP contribution in [0, 0.1) is 6.92 Å². The van der Waals surface area contributed by atoms with E-state index in [0.717, 1.165) is 5.76 Å². The zero-order valence-corrected chi connectivity index (χ0v) is 9.06. The van der Waals surface area contributed by atoms with Crippen LogP contribution in [-0.2, 0) is 11.3 Å². The molecule has 0 spiro atoms. The molecule has 0 radical (unpaired) electrons. The van der Waals surface area contributed by atoms with Gasteiger partial charge in [-0.3, -0.25) is 4.79 Å². The van der Waals surface area contributed by atoms with Crippen LogP contribution in [0.25, 0.3) is 0 Å². The SMILES string of the molecule is Cc1cc(CNC(=O)C2CC(O)CN2)no1. The summed E-state index contributed by atoms with van der Waals surface area (Å²) in [6.45, 7) is 2.62. The van der Waals surface area contributed by atoms with Gasteiger partial charge < -0.3 is 20.3 Å². The van der Waals surface area contributed by atoms with Crippen molar-refractivity contribution in [2.45, 2.75) is 32.0 Å². The van der Waals surface area contributed by atoms with E-state index in [1.807, 2.05) is 0 Å². The van der Waals surface area contributed by atoms with Crippen LogP contribution in [0.4, 0.5) is 0 Å². The second-order valence-corrected chi connectivity index (χ2v) is 4.00. The predicted octanol–water partition coefficient (Wildman–Crippen LogP) is -0.678. The number of hydrogen-bond donors (Lipinski definition) is 3. The fourth-order valence-electron chi connectivity index (χ4n) is 1.72. The van der Waals surface area contributed by atoms with E-state index in [-0.39, 0.29) is 11.9 Å². The van der Waals surface area contributed by atoms with E-state index < -0.39 is 6.10 Å². The first-order valence-electron chi connectivity index (χ1n) is 5.26. The molecule has 0 saturated carbocycles. The van der Waals surface area contributed by atoms with Gasteiger partial charge in [-0.1, -0.05) is 5.16 Å². The Morgan fingerprint density at radius 3 is 3.19 bits per heavy atom. The number of nitrogens with one attached hydrogen (secondary N) is 2. The third-order valence-electron chi connectivity index (χ3n) is 2.54. The molecule has 6 nitrogen and oxygen atoms in total. The number of carbonyl (C=O) groups is 1. The number of hydrogen-bond acceptors (Lipinski definition) is 5. The molecule has 2 rings (SSSR count). The lowest BCUT2D eigenvalue weighted by atomic mass is 10.2. The smallest absolute Gasteiger partial charge is 0.237 e. The standard InChI is InChI=1S/C10H15N3O3/c1-6-2-7(13-16-6)4-12-10(15)9-3-8(14)5-11-9/h2,8-9,11,14H,3-5H2,1H3,(H,12,15). The van der Waals surface area contributed by atoms with Crippen molar-refractivity contribution in [2.75, 3.05) is 6.54 Å². The lowest BCUT2D eigenvalue weighted by molar-refractivity contribution is -0.123. The van der Waals surface area contributed by atoms with Gasteiger partial charge in [-0.2, -0.15) is 0 Å². The molecule has 3 N–H and O–H groups in total. The van der Waals surface area contributed by atoms with Crippen LogP contribution in [0.1, 0.15) is 17.9 Å². The second-order valence-electron chi connectivity index (χ2n) is 4.00. The fourth-order valence-corrected chi connectivity index (χ4v) is 1.72. The van der Waals surface area contributed by atoms with Crippen LogP contribution in [0.15, 0.2) is 10.6 Å². The molecule has 16 heavy (non-hydrogen) atoms. The van der Waals surface area contributed by atoms with E-state index in [2.05, 4.69) is 15.8 Å². The monoisotopic (exact) mass is 225 g/mol. The number of nitrogens with zero attached hydrogens (tertiary/aromatic N) is 1. The van der Waals surface area contributed by atoms with Crippen LogP contribution >= 0.6 is 0 Å². The fraction of sp³-hybridized carbons (Fsp3) is 0.600. The molecule has 88 valence electrons. The normalized spacial score (nSPS) is 24.6. The number of aryl methyl sites for hydroxylation is 1. The van der Waals surface area contributed by atoms with Crippen molar-refractivity contribution in [3.05, 3.63) is 17.5 Å². The number of aliphatic hydroxyl groups is 1. The molecule has 1 aromatic rings. The molecule has 1 aliphatic rings. The number of rotatable bonds is 3. The lowest BCUT2D eigenvalue weighted by Gasteiger charge is -2.09. The highest BCUT2D eigenvalue weighted by molar-refractivity contribution is 5.82. The average Bonchev–Trinajstić information content (AvgIpc) is 2.84. The molecule has 2 heterocycles. The number of aromatic nitrogens is 1. The highest BCUT2D eigenvalue weighted by Gasteiger charge is 2.27. The summed E-state index contributed by atoms with van der Waals surface area (Å²) in [6.07, 6.45) is 0.0361. The van der Waals surface area contributed by atoms with Crippen molar-refractivity contribution in [3.8, 4) is 0 Å². The molecule has 2 unspecified atom stereocenters. The second kappa shape index (κ2) is 4.63. The van der Waals surface area contributed by atoms with E-state index in [9.17, 15) is 9.90 Å². The summed E-state index contributed by atoms with van der Waals surface area (Å²) < 4.78 is 4.88. The van der Waals surface area contributed by atoms with Gasteiger partial charge in [0.05, 0.1) is 18.7 Å². The van der Waals surface area contributed by atoms with Crippen LogP contribution in [0.3, 0.4) is 0 Å². The molecular formula is C10H15N3O3. The molecular weight excluding hydrogens is 210 g/mol. The van der Waals surface area contributed by atoms with Gasteiger partial charge in [-0.15, -0.1) is 0 Å². The third kappa shape index (κ3) is 2.59. The van der Waals surface area contributed by atoms with Crippen molar-refractivity contribution in [1.82, 2.24) is 15.8 Å². The quantitative estimate of drug-likeness (QED) is 0.634. The minimum atomic E-state index is -0.426. The number of aliphatic hydroxyl groups excluding tert-OH is 1. The number of carbonyl (C=O) groups excluding carboxylic acids is 1. The van der Waals surface area contributed by atoms with Crippen LogP contribution in [0.5, 0.6) is 0 Å². The number of β-amino-alcohol motifs (C(OH)–C–C–N with tert-alkyl or cyclic N) is 1. The average molecular weight is 225 g/mol. The van der Waals surface area contributed by atoms with E-state index in [1.165, 1.54) is 0 Å². The highest BCUT2D eigenvalue weighted by Crippen LogP contribution is 2.06. The Morgan fingerprint density at radius 2 is 2.62 bits per heavy atom. The Hall–Kier alpha value is -1.40. The first-order chi connectivity index (χ1) is 7.65. The Balaban J connectivity index is 1.80. The van der Waals surface area contributed by atoms with Crippen molar-refractivity contribution < 1.29 is 14.4 Å². The van der Waals surface area contributed by atoms with Gasteiger partial charge in [0, 0.05) is 12.6 Å². The van der Waals surface area contributed by atoms with Gasteiger partial charge in [0.15, 0.2) is 0 Å². The zero-order valence-electron chi connectivity index (χ0n) is 9.06. The Labute approximate surface area is 93.0 Å². The minimum Gasteiger partial charge on any atom is -0.392 e. The maximum atomic E-state index is 11.6. The van der Waals surface area contributed by atoms with Crippen LogP contribution < -0.4 is 10.6 Å². The molecule has 1 saturated heterocycles. The first kappa shape index (κ1) is 11.1. The molecule has 0 bridgehead atoms. The zero-order chi connectivity index (χ0) is 11.5. The van der Waals surface area contributed by atoms with Gasteiger partial charge in [0.25, 0.3) is 0 Å². The summed E-state index contributed by atoms with van der Waals surface area (Å²) in [5.41, 5.74) is 0.699.